The molecule has 0 saturated heterocycles. The SMILES string of the molecule is CCCCn1ccc2c(Nc3c(C)cc(C)c(Br)c3C)nccc21. The van der Waals surface area contributed by atoms with Crippen LogP contribution < -0.4 is 5.32 Å². The van der Waals surface area contributed by atoms with Gasteiger partial charge in [-0.05, 0) is 56.0 Å². The lowest BCUT2D eigenvalue weighted by Crippen LogP contribution is -2.01. The van der Waals surface area contributed by atoms with E-state index >= 15 is 0 Å². The van der Waals surface area contributed by atoms with Crippen LogP contribution in [0.15, 0.2) is 35.1 Å². The van der Waals surface area contributed by atoms with Crippen molar-refractivity contribution < 1.29 is 0 Å². The van der Waals surface area contributed by atoms with Gasteiger partial charge in [0.25, 0.3) is 0 Å². The first kappa shape index (κ1) is 17.0. The molecule has 3 rings (SSSR count). The van der Waals surface area contributed by atoms with E-state index in [2.05, 4.69) is 82.9 Å². The Bertz CT molecular complexity index is 880. The van der Waals surface area contributed by atoms with Crippen molar-refractivity contribution in [1.29, 1.82) is 0 Å². The van der Waals surface area contributed by atoms with Crippen molar-refractivity contribution in [1.82, 2.24) is 9.55 Å². The molecule has 1 aromatic carbocycles. The minimum Gasteiger partial charge on any atom is -0.347 e. The Morgan fingerprint density at radius 3 is 2.71 bits per heavy atom. The number of aromatic nitrogens is 2. The lowest BCUT2D eigenvalue weighted by atomic mass is 10.0. The normalized spacial score (nSPS) is 11.2. The number of fused-ring (bicyclic) bond motifs is 1. The van der Waals surface area contributed by atoms with Gasteiger partial charge in [0.15, 0.2) is 0 Å². The third-order valence-corrected chi connectivity index (χ3v) is 5.79. The Morgan fingerprint density at radius 2 is 1.96 bits per heavy atom. The van der Waals surface area contributed by atoms with Gasteiger partial charge < -0.3 is 9.88 Å². The standard InChI is InChI=1S/C20H24BrN3/c1-5-6-10-24-11-8-16-17(24)7-9-22-20(16)23-19-14(3)12-13(2)18(21)15(19)4/h7-9,11-12H,5-6,10H2,1-4H3,(H,22,23). The maximum absolute atomic E-state index is 4.59. The van der Waals surface area contributed by atoms with Gasteiger partial charge in [-0.1, -0.05) is 35.3 Å². The molecule has 2 heterocycles. The number of anilines is 2. The van der Waals surface area contributed by atoms with Crippen molar-refractivity contribution in [3.63, 3.8) is 0 Å². The molecule has 0 atom stereocenters. The number of unbranched alkanes of at least 4 members (excludes halogenated alkanes) is 1. The molecule has 0 bridgehead atoms. The molecule has 3 nitrogen and oxygen atoms in total. The molecule has 0 radical (unpaired) electrons. The lowest BCUT2D eigenvalue weighted by molar-refractivity contribution is 0.650. The maximum atomic E-state index is 4.59. The van der Waals surface area contributed by atoms with E-state index in [1.165, 1.54) is 40.4 Å². The van der Waals surface area contributed by atoms with E-state index < -0.39 is 0 Å². The van der Waals surface area contributed by atoms with Crippen molar-refractivity contribution in [3.8, 4) is 0 Å². The van der Waals surface area contributed by atoms with Crippen LogP contribution in [0.5, 0.6) is 0 Å². The second kappa shape index (κ2) is 6.98. The zero-order chi connectivity index (χ0) is 17.3. The summed E-state index contributed by atoms with van der Waals surface area (Å²) < 4.78 is 3.47. The highest BCUT2D eigenvalue weighted by Gasteiger charge is 2.12. The average Bonchev–Trinajstić information content (AvgIpc) is 2.99. The number of aryl methyl sites for hydroxylation is 3. The van der Waals surface area contributed by atoms with E-state index in [1.54, 1.807) is 0 Å². The number of pyridine rings is 1. The highest BCUT2D eigenvalue weighted by molar-refractivity contribution is 9.10. The summed E-state index contributed by atoms with van der Waals surface area (Å²) in [6.07, 6.45) is 6.45. The van der Waals surface area contributed by atoms with Crippen LogP contribution in [0.1, 0.15) is 36.5 Å². The summed E-state index contributed by atoms with van der Waals surface area (Å²) in [6.45, 7) is 9.68. The Hall–Kier alpha value is -1.81. The van der Waals surface area contributed by atoms with Crippen molar-refractivity contribution >= 4 is 38.3 Å². The van der Waals surface area contributed by atoms with Gasteiger partial charge in [0.05, 0.1) is 5.52 Å². The molecule has 4 heteroatoms. The van der Waals surface area contributed by atoms with Crippen LogP contribution in [0.4, 0.5) is 11.5 Å². The van der Waals surface area contributed by atoms with Gasteiger partial charge in [-0.15, -0.1) is 0 Å². The average molecular weight is 386 g/mol. The van der Waals surface area contributed by atoms with Crippen LogP contribution >= 0.6 is 15.9 Å². The topological polar surface area (TPSA) is 29.9 Å². The summed E-state index contributed by atoms with van der Waals surface area (Å²) in [5, 5.41) is 4.74. The van der Waals surface area contributed by atoms with E-state index in [0.717, 1.165) is 22.5 Å². The molecule has 0 unspecified atom stereocenters. The first-order valence-electron chi connectivity index (χ1n) is 8.50. The Balaban J connectivity index is 2.03. The number of nitrogens with zero attached hydrogens (tertiary/aromatic N) is 2. The predicted molar refractivity (Wildman–Crippen MR) is 106 cm³/mol. The molecule has 0 aliphatic heterocycles. The van der Waals surface area contributed by atoms with E-state index in [9.17, 15) is 0 Å². The molecule has 0 aliphatic carbocycles. The second-order valence-corrected chi connectivity index (χ2v) is 7.20. The molecule has 24 heavy (non-hydrogen) atoms. The first-order valence-corrected chi connectivity index (χ1v) is 9.29. The van der Waals surface area contributed by atoms with Gasteiger partial charge >= 0.3 is 0 Å². The summed E-state index contributed by atoms with van der Waals surface area (Å²) in [5.41, 5.74) is 6.08. The zero-order valence-corrected chi connectivity index (χ0v) is 16.4. The van der Waals surface area contributed by atoms with E-state index in [4.69, 9.17) is 0 Å². The van der Waals surface area contributed by atoms with Gasteiger partial charge in [0, 0.05) is 34.5 Å². The van der Waals surface area contributed by atoms with Gasteiger partial charge in [-0.2, -0.15) is 0 Å². The number of hydrogen-bond donors (Lipinski definition) is 1. The number of halogens is 1. The van der Waals surface area contributed by atoms with Crippen LogP contribution in [0, 0.1) is 20.8 Å². The first-order chi connectivity index (χ1) is 11.5. The van der Waals surface area contributed by atoms with Crippen LogP contribution in [0.3, 0.4) is 0 Å². The fraction of sp³-hybridized carbons (Fsp3) is 0.350. The van der Waals surface area contributed by atoms with Gasteiger partial charge in [0.2, 0.25) is 0 Å². The lowest BCUT2D eigenvalue weighted by Gasteiger charge is -2.16. The number of nitrogens with one attached hydrogen (secondary N) is 1. The summed E-state index contributed by atoms with van der Waals surface area (Å²) >= 11 is 3.70. The van der Waals surface area contributed by atoms with E-state index in [0.29, 0.717) is 0 Å². The zero-order valence-electron chi connectivity index (χ0n) is 14.8. The Kier molecular flexibility index (Phi) is 4.95. The minimum absolute atomic E-state index is 0.921. The minimum atomic E-state index is 0.921. The summed E-state index contributed by atoms with van der Waals surface area (Å²) in [7, 11) is 0. The second-order valence-electron chi connectivity index (χ2n) is 6.40. The fourth-order valence-corrected chi connectivity index (χ4v) is 3.53. The molecule has 126 valence electrons. The molecular formula is C20H24BrN3. The summed E-state index contributed by atoms with van der Waals surface area (Å²) in [6, 6.07) is 6.46. The number of rotatable bonds is 5. The van der Waals surface area contributed by atoms with Gasteiger partial charge in [0.1, 0.15) is 5.82 Å². The predicted octanol–water partition coefficient (Wildman–Crippen LogP) is 6.27. The number of hydrogen-bond acceptors (Lipinski definition) is 2. The van der Waals surface area contributed by atoms with Crippen molar-refractivity contribution in [2.75, 3.05) is 5.32 Å². The smallest absolute Gasteiger partial charge is 0.139 e. The molecule has 0 saturated carbocycles. The van der Waals surface area contributed by atoms with Crippen molar-refractivity contribution in [3.05, 3.63) is 51.8 Å². The van der Waals surface area contributed by atoms with Crippen LogP contribution in [0.2, 0.25) is 0 Å². The van der Waals surface area contributed by atoms with E-state index in [1.807, 2.05) is 6.20 Å². The highest BCUT2D eigenvalue weighted by atomic mass is 79.9. The molecule has 0 spiro atoms. The monoisotopic (exact) mass is 385 g/mol. The molecule has 3 aromatic rings. The quantitative estimate of drug-likeness (QED) is 0.560. The third kappa shape index (κ3) is 3.07. The largest absolute Gasteiger partial charge is 0.347 e. The Morgan fingerprint density at radius 1 is 1.17 bits per heavy atom. The molecule has 2 aromatic heterocycles. The Labute approximate surface area is 152 Å². The van der Waals surface area contributed by atoms with Crippen LogP contribution in [-0.2, 0) is 6.54 Å². The van der Waals surface area contributed by atoms with Crippen LogP contribution in [0.25, 0.3) is 10.9 Å². The van der Waals surface area contributed by atoms with Crippen molar-refractivity contribution in [2.24, 2.45) is 0 Å². The number of benzene rings is 1. The molecule has 1 N–H and O–H groups in total. The fourth-order valence-electron chi connectivity index (χ4n) is 3.22. The van der Waals surface area contributed by atoms with Gasteiger partial charge in [-0.25, -0.2) is 4.98 Å². The van der Waals surface area contributed by atoms with E-state index in [-0.39, 0.29) is 0 Å². The third-order valence-electron chi connectivity index (χ3n) is 4.57. The summed E-state index contributed by atoms with van der Waals surface area (Å²) in [5.74, 6) is 0.921. The van der Waals surface area contributed by atoms with Crippen LogP contribution in [-0.4, -0.2) is 9.55 Å². The molecule has 0 amide bonds. The van der Waals surface area contributed by atoms with Crippen molar-refractivity contribution in [2.45, 2.75) is 47.1 Å². The highest BCUT2D eigenvalue weighted by Crippen LogP contribution is 2.34. The van der Waals surface area contributed by atoms with Gasteiger partial charge in [-0.3, -0.25) is 0 Å². The maximum Gasteiger partial charge on any atom is 0.139 e. The summed E-state index contributed by atoms with van der Waals surface area (Å²) in [4.78, 5) is 4.59. The molecule has 0 fully saturated rings. The molecular weight excluding hydrogens is 362 g/mol. The molecule has 0 aliphatic rings.